The summed E-state index contributed by atoms with van der Waals surface area (Å²) >= 11 is 3.60. The highest BCUT2D eigenvalue weighted by Gasteiger charge is 2.14. The van der Waals surface area contributed by atoms with Crippen molar-refractivity contribution in [2.24, 2.45) is 5.10 Å². The Labute approximate surface area is 134 Å². The fourth-order valence-corrected chi connectivity index (χ4v) is 3.79. The highest BCUT2D eigenvalue weighted by atomic mass is 79.9. The Kier molecular flexibility index (Phi) is 2.31. The van der Waals surface area contributed by atoms with Crippen molar-refractivity contribution in [2.75, 3.05) is 0 Å². The fraction of sp³-hybridized carbons (Fsp3) is 0.118. The van der Waals surface area contributed by atoms with E-state index in [9.17, 15) is 0 Å². The van der Waals surface area contributed by atoms with Gasteiger partial charge in [0.1, 0.15) is 6.67 Å². The van der Waals surface area contributed by atoms with Crippen LogP contribution in [0.25, 0.3) is 27.3 Å². The van der Waals surface area contributed by atoms with Crippen LogP contribution in [0.3, 0.4) is 0 Å². The maximum Gasteiger partial charge on any atom is 0.163 e. The van der Waals surface area contributed by atoms with E-state index in [1.807, 2.05) is 0 Å². The SMILES string of the molecule is Cc1cc2ccn3c4cc(Br)ccc4n4c(c(c1)c23)=NNC4. The highest BCUT2D eigenvalue weighted by Crippen LogP contribution is 2.27. The molecule has 0 radical (unpaired) electrons. The Balaban J connectivity index is 2.25. The predicted octanol–water partition coefficient (Wildman–Crippen LogP) is 3.49. The molecule has 0 unspecified atom stereocenters. The van der Waals surface area contributed by atoms with Gasteiger partial charge in [-0.15, -0.1) is 0 Å². The van der Waals surface area contributed by atoms with Gasteiger partial charge in [-0.2, -0.15) is 5.10 Å². The van der Waals surface area contributed by atoms with Crippen LogP contribution in [0.4, 0.5) is 0 Å². The summed E-state index contributed by atoms with van der Waals surface area (Å²) < 4.78 is 5.59. The molecule has 5 rings (SSSR count). The number of aryl methyl sites for hydroxylation is 1. The summed E-state index contributed by atoms with van der Waals surface area (Å²) in [5.74, 6) is 0. The zero-order valence-electron chi connectivity index (χ0n) is 12.0. The molecule has 1 aliphatic heterocycles. The van der Waals surface area contributed by atoms with Crippen LogP contribution in [0.5, 0.6) is 0 Å². The first kappa shape index (κ1) is 12.3. The van der Waals surface area contributed by atoms with Crippen molar-refractivity contribution in [1.29, 1.82) is 0 Å². The van der Waals surface area contributed by atoms with Crippen LogP contribution in [-0.2, 0) is 6.67 Å². The second-order valence-corrected chi connectivity index (χ2v) is 6.66. The molecule has 0 saturated heterocycles. The van der Waals surface area contributed by atoms with Gasteiger partial charge in [-0.1, -0.05) is 15.9 Å². The van der Waals surface area contributed by atoms with Gasteiger partial charge in [0, 0.05) is 21.4 Å². The van der Waals surface area contributed by atoms with Crippen LogP contribution in [-0.4, -0.2) is 8.97 Å². The molecular weight excluding hydrogens is 340 g/mol. The number of aromatic nitrogens is 2. The van der Waals surface area contributed by atoms with Crippen LogP contribution in [0, 0.1) is 6.92 Å². The largest absolute Gasteiger partial charge is 0.314 e. The standard InChI is InChI=1S/C17H13BrN4/c1-10-6-11-4-5-21-15-8-12(18)2-3-14(15)22-9-19-20-17(22)13(7-10)16(11)21/h2-8,19H,9H2,1H3. The molecule has 4 aromatic rings. The van der Waals surface area contributed by atoms with Crippen molar-refractivity contribution in [2.45, 2.75) is 13.6 Å². The van der Waals surface area contributed by atoms with Gasteiger partial charge in [0.2, 0.25) is 0 Å². The number of hydrogen-bond donors (Lipinski definition) is 1. The molecule has 0 amide bonds. The number of halogens is 1. The molecule has 0 saturated carbocycles. The van der Waals surface area contributed by atoms with Crippen molar-refractivity contribution in [3.8, 4) is 0 Å². The summed E-state index contributed by atoms with van der Waals surface area (Å²) in [5, 5.41) is 6.98. The smallest absolute Gasteiger partial charge is 0.163 e. The normalized spacial score (nSPS) is 13.5. The number of benzene rings is 2. The first-order chi connectivity index (χ1) is 10.7. The van der Waals surface area contributed by atoms with E-state index in [0.29, 0.717) is 6.67 Å². The maximum atomic E-state index is 4.55. The topological polar surface area (TPSA) is 33.7 Å². The summed E-state index contributed by atoms with van der Waals surface area (Å²) in [6.07, 6.45) is 2.15. The Morgan fingerprint density at radius 3 is 2.95 bits per heavy atom. The van der Waals surface area contributed by atoms with Crippen LogP contribution < -0.4 is 10.9 Å². The van der Waals surface area contributed by atoms with Crippen molar-refractivity contribution in [3.05, 3.63) is 58.1 Å². The van der Waals surface area contributed by atoms with Crippen LogP contribution in [0.1, 0.15) is 5.56 Å². The zero-order valence-corrected chi connectivity index (χ0v) is 13.6. The lowest BCUT2D eigenvalue weighted by atomic mass is 10.1. The Morgan fingerprint density at radius 1 is 1.14 bits per heavy atom. The van der Waals surface area contributed by atoms with Gasteiger partial charge < -0.3 is 8.97 Å². The lowest BCUT2D eigenvalue weighted by Gasteiger charge is -2.03. The molecule has 0 spiro atoms. The molecule has 22 heavy (non-hydrogen) atoms. The molecule has 2 aromatic heterocycles. The van der Waals surface area contributed by atoms with Crippen molar-refractivity contribution in [3.63, 3.8) is 0 Å². The first-order valence-electron chi connectivity index (χ1n) is 7.22. The van der Waals surface area contributed by atoms with Gasteiger partial charge in [-0.3, -0.25) is 5.43 Å². The molecule has 0 bridgehead atoms. The van der Waals surface area contributed by atoms with Gasteiger partial charge in [-0.25, -0.2) is 0 Å². The average molecular weight is 353 g/mol. The van der Waals surface area contributed by atoms with Crippen molar-refractivity contribution in [1.82, 2.24) is 14.4 Å². The van der Waals surface area contributed by atoms with E-state index in [4.69, 9.17) is 0 Å². The minimum atomic E-state index is 0.699. The van der Waals surface area contributed by atoms with E-state index in [0.717, 1.165) is 9.96 Å². The van der Waals surface area contributed by atoms with Gasteiger partial charge in [0.25, 0.3) is 0 Å². The maximum absolute atomic E-state index is 4.55. The van der Waals surface area contributed by atoms with Crippen molar-refractivity contribution < 1.29 is 0 Å². The minimum Gasteiger partial charge on any atom is -0.314 e. The molecule has 1 aliphatic rings. The summed E-state index contributed by atoms with van der Waals surface area (Å²) in [5.41, 5.74) is 8.93. The zero-order chi connectivity index (χ0) is 14.8. The van der Waals surface area contributed by atoms with E-state index in [-0.39, 0.29) is 0 Å². The molecule has 5 heteroatoms. The number of nitrogens with zero attached hydrogens (tertiary/aromatic N) is 3. The third kappa shape index (κ3) is 1.49. The summed E-state index contributed by atoms with van der Waals surface area (Å²) in [7, 11) is 0. The number of nitrogens with one attached hydrogen (secondary N) is 1. The summed E-state index contributed by atoms with van der Waals surface area (Å²) in [6.45, 7) is 2.83. The van der Waals surface area contributed by atoms with Crippen LogP contribution >= 0.6 is 15.9 Å². The molecule has 0 atom stereocenters. The Bertz CT molecular complexity index is 1150. The van der Waals surface area contributed by atoms with Crippen LogP contribution in [0.2, 0.25) is 0 Å². The summed E-state index contributed by atoms with van der Waals surface area (Å²) in [4.78, 5) is 0. The second-order valence-electron chi connectivity index (χ2n) is 5.75. The highest BCUT2D eigenvalue weighted by molar-refractivity contribution is 9.10. The second kappa shape index (κ2) is 4.14. The third-order valence-electron chi connectivity index (χ3n) is 4.33. The molecule has 0 aliphatic carbocycles. The lowest BCUT2D eigenvalue weighted by molar-refractivity contribution is 0.659. The molecule has 108 valence electrons. The van der Waals surface area contributed by atoms with Crippen molar-refractivity contribution >= 4 is 43.3 Å². The molecular formula is C17H13BrN4. The number of hydrogen-bond acceptors (Lipinski definition) is 2. The molecule has 1 N–H and O–H groups in total. The van der Waals surface area contributed by atoms with E-state index < -0.39 is 0 Å². The first-order valence-corrected chi connectivity index (χ1v) is 8.02. The van der Waals surface area contributed by atoms with E-state index >= 15 is 0 Å². The lowest BCUT2D eigenvalue weighted by Crippen LogP contribution is -2.14. The van der Waals surface area contributed by atoms with Gasteiger partial charge in [0.05, 0.1) is 16.6 Å². The predicted molar refractivity (Wildman–Crippen MR) is 91.5 cm³/mol. The summed E-state index contributed by atoms with van der Waals surface area (Å²) in [6, 6.07) is 13.0. The average Bonchev–Trinajstić information content (AvgIpc) is 3.10. The van der Waals surface area contributed by atoms with E-state index in [1.54, 1.807) is 0 Å². The number of fused-ring (bicyclic) bond motifs is 5. The fourth-order valence-electron chi connectivity index (χ4n) is 3.44. The van der Waals surface area contributed by atoms with Gasteiger partial charge in [0.15, 0.2) is 5.49 Å². The molecule has 2 aromatic carbocycles. The monoisotopic (exact) mass is 352 g/mol. The Morgan fingerprint density at radius 2 is 2.05 bits per heavy atom. The van der Waals surface area contributed by atoms with Gasteiger partial charge >= 0.3 is 0 Å². The molecule has 3 heterocycles. The van der Waals surface area contributed by atoms with E-state index in [1.165, 1.54) is 32.9 Å². The third-order valence-corrected chi connectivity index (χ3v) is 4.82. The van der Waals surface area contributed by atoms with E-state index in [2.05, 4.69) is 84.9 Å². The van der Waals surface area contributed by atoms with Gasteiger partial charge in [-0.05, 0) is 48.9 Å². The minimum absolute atomic E-state index is 0.699. The number of rotatable bonds is 0. The quantitative estimate of drug-likeness (QED) is 0.516. The molecule has 0 fully saturated rings. The molecule has 4 nitrogen and oxygen atoms in total. The Hall–Kier alpha value is -2.27. The van der Waals surface area contributed by atoms with Crippen LogP contribution in [0.15, 0.2) is 52.2 Å².